The highest BCUT2D eigenvalue weighted by Crippen LogP contribution is 2.39. The van der Waals surface area contributed by atoms with Gasteiger partial charge in [0.05, 0.1) is 11.3 Å². The number of nitrogens with zero attached hydrogens (tertiary/aromatic N) is 2. The predicted octanol–water partition coefficient (Wildman–Crippen LogP) is 2.99. The molecule has 0 radical (unpaired) electrons. The van der Waals surface area contributed by atoms with Crippen LogP contribution in [0.25, 0.3) is 0 Å². The van der Waals surface area contributed by atoms with Crippen molar-refractivity contribution in [3.8, 4) is 11.5 Å². The van der Waals surface area contributed by atoms with Gasteiger partial charge in [-0.2, -0.15) is 0 Å². The minimum absolute atomic E-state index is 0.0311. The second-order valence-corrected chi connectivity index (χ2v) is 8.76. The van der Waals surface area contributed by atoms with Crippen LogP contribution in [-0.4, -0.2) is 58.1 Å². The van der Waals surface area contributed by atoms with Crippen molar-refractivity contribution in [1.82, 2.24) is 4.90 Å². The minimum atomic E-state index is -4.24. The first-order chi connectivity index (χ1) is 14.1. The van der Waals surface area contributed by atoms with Crippen LogP contribution in [0.5, 0.6) is 11.5 Å². The molecule has 8 nitrogen and oxygen atoms in total. The number of anilines is 1. The molecule has 0 aliphatic carbocycles. The molecule has 9 heteroatoms. The van der Waals surface area contributed by atoms with Gasteiger partial charge in [0, 0.05) is 19.6 Å². The number of carboxylic acid groups (broad SMARTS) is 1. The van der Waals surface area contributed by atoms with Crippen molar-refractivity contribution in [1.29, 1.82) is 0 Å². The maximum atomic E-state index is 12.4. The number of carbonyl (C=O) groups is 1. The van der Waals surface area contributed by atoms with E-state index in [2.05, 4.69) is 6.92 Å². The Bertz CT molecular complexity index is 962. The molecule has 0 saturated carbocycles. The molecule has 0 aromatic heterocycles. The van der Waals surface area contributed by atoms with Gasteiger partial charge in [0.2, 0.25) is 10.0 Å². The summed E-state index contributed by atoms with van der Waals surface area (Å²) in [5.74, 6) is -0.784. The first kappa shape index (κ1) is 23.7. The number of hydrogen-bond donors (Lipinski definition) is 2. The lowest BCUT2D eigenvalue weighted by molar-refractivity contribution is 0.0696. The number of benzene rings is 2. The molecule has 0 aliphatic heterocycles. The standard InChI is InChI=1S/C21H29N3O5S/c1-4-5-11-24(13-12-23(2)3)18-14-16(21(25)26)15-19(30(22,27)28)20(18)29-17-9-7-6-8-10-17/h6-10,14-15H,4-5,11-13H2,1-3H3,(H,25,26)(H2,22,27,28). The molecule has 0 spiro atoms. The second kappa shape index (κ2) is 10.4. The topological polar surface area (TPSA) is 113 Å². The summed E-state index contributed by atoms with van der Waals surface area (Å²) in [7, 11) is -0.376. The van der Waals surface area contributed by atoms with E-state index < -0.39 is 16.0 Å². The van der Waals surface area contributed by atoms with Crippen LogP contribution in [0.15, 0.2) is 47.4 Å². The summed E-state index contributed by atoms with van der Waals surface area (Å²) in [5, 5.41) is 15.0. The number of aromatic carboxylic acids is 1. The van der Waals surface area contributed by atoms with E-state index in [4.69, 9.17) is 9.88 Å². The first-order valence-electron chi connectivity index (χ1n) is 9.70. The Morgan fingerprint density at radius 2 is 1.77 bits per heavy atom. The highest BCUT2D eigenvalue weighted by Gasteiger charge is 2.26. The van der Waals surface area contributed by atoms with Gasteiger partial charge in [-0.15, -0.1) is 0 Å². The SMILES string of the molecule is CCCCN(CCN(C)C)c1cc(C(=O)O)cc(S(N)(=O)=O)c1Oc1ccccc1. The average Bonchev–Trinajstić information content (AvgIpc) is 2.68. The summed E-state index contributed by atoms with van der Waals surface area (Å²) in [6.07, 6.45) is 1.77. The van der Waals surface area contributed by atoms with E-state index in [-0.39, 0.29) is 16.2 Å². The Morgan fingerprint density at radius 3 is 2.30 bits per heavy atom. The quantitative estimate of drug-likeness (QED) is 0.558. The number of hydrogen-bond acceptors (Lipinski definition) is 6. The molecule has 0 unspecified atom stereocenters. The number of para-hydroxylation sites is 1. The van der Waals surface area contributed by atoms with Crippen molar-refractivity contribution in [3.63, 3.8) is 0 Å². The largest absolute Gasteiger partial charge is 0.478 e. The van der Waals surface area contributed by atoms with E-state index >= 15 is 0 Å². The Hall–Kier alpha value is -2.62. The normalized spacial score (nSPS) is 11.5. The Labute approximate surface area is 177 Å². The van der Waals surface area contributed by atoms with Crippen molar-refractivity contribution in [2.45, 2.75) is 24.7 Å². The molecule has 164 valence electrons. The van der Waals surface area contributed by atoms with Crippen LogP contribution < -0.4 is 14.8 Å². The first-order valence-corrected chi connectivity index (χ1v) is 11.2. The third-order valence-corrected chi connectivity index (χ3v) is 5.41. The van der Waals surface area contributed by atoms with Crippen LogP contribution in [0.4, 0.5) is 5.69 Å². The van der Waals surface area contributed by atoms with Gasteiger partial charge < -0.3 is 19.6 Å². The average molecular weight is 436 g/mol. The molecular weight excluding hydrogens is 406 g/mol. The lowest BCUT2D eigenvalue weighted by atomic mass is 10.1. The fourth-order valence-corrected chi connectivity index (χ4v) is 3.58. The Morgan fingerprint density at radius 1 is 1.10 bits per heavy atom. The van der Waals surface area contributed by atoms with Gasteiger partial charge in [0.15, 0.2) is 5.75 Å². The zero-order valence-corrected chi connectivity index (χ0v) is 18.4. The van der Waals surface area contributed by atoms with E-state index in [0.717, 1.165) is 18.9 Å². The zero-order chi connectivity index (χ0) is 22.3. The molecule has 2 aromatic rings. The van der Waals surface area contributed by atoms with Crippen LogP contribution in [-0.2, 0) is 10.0 Å². The Kier molecular flexibility index (Phi) is 8.22. The van der Waals surface area contributed by atoms with Crippen molar-refractivity contribution in [2.24, 2.45) is 5.14 Å². The van der Waals surface area contributed by atoms with Crippen LogP contribution >= 0.6 is 0 Å². The summed E-state index contributed by atoms with van der Waals surface area (Å²) in [6, 6.07) is 11.2. The second-order valence-electron chi connectivity index (χ2n) is 7.23. The summed E-state index contributed by atoms with van der Waals surface area (Å²) in [6.45, 7) is 3.92. The van der Waals surface area contributed by atoms with Crippen molar-refractivity contribution in [2.75, 3.05) is 38.6 Å². The van der Waals surface area contributed by atoms with Gasteiger partial charge in [-0.3, -0.25) is 0 Å². The molecule has 0 bridgehead atoms. The maximum Gasteiger partial charge on any atom is 0.335 e. The van der Waals surface area contributed by atoms with Gasteiger partial charge >= 0.3 is 5.97 Å². The number of primary sulfonamides is 1. The zero-order valence-electron chi connectivity index (χ0n) is 17.5. The van der Waals surface area contributed by atoms with Gasteiger partial charge in [-0.05, 0) is 44.8 Å². The van der Waals surface area contributed by atoms with Crippen molar-refractivity contribution >= 4 is 21.7 Å². The number of likely N-dealkylation sites (N-methyl/N-ethyl adjacent to an activating group) is 1. The monoisotopic (exact) mass is 435 g/mol. The smallest absolute Gasteiger partial charge is 0.335 e. The molecule has 3 N–H and O–H groups in total. The fourth-order valence-electron chi connectivity index (χ4n) is 2.89. The summed E-state index contributed by atoms with van der Waals surface area (Å²) < 4.78 is 30.7. The minimum Gasteiger partial charge on any atom is -0.478 e. The van der Waals surface area contributed by atoms with Crippen LogP contribution in [0.2, 0.25) is 0 Å². The molecule has 30 heavy (non-hydrogen) atoms. The number of ether oxygens (including phenoxy) is 1. The van der Waals surface area contributed by atoms with Gasteiger partial charge in [0.1, 0.15) is 10.6 Å². The lowest BCUT2D eigenvalue weighted by Crippen LogP contribution is -2.33. The van der Waals surface area contributed by atoms with Crippen LogP contribution in [0, 0.1) is 0 Å². The summed E-state index contributed by atoms with van der Waals surface area (Å²) in [4.78, 5) is 15.3. The predicted molar refractivity (Wildman–Crippen MR) is 117 cm³/mol. The molecule has 2 rings (SSSR count). The van der Waals surface area contributed by atoms with E-state index in [9.17, 15) is 18.3 Å². The van der Waals surface area contributed by atoms with E-state index in [0.29, 0.717) is 31.1 Å². The van der Waals surface area contributed by atoms with E-state index in [1.807, 2.05) is 30.0 Å². The Balaban J connectivity index is 2.71. The van der Waals surface area contributed by atoms with Crippen molar-refractivity contribution < 1.29 is 23.1 Å². The van der Waals surface area contributed by atoms with Crippen molar-refractivity contribution in [3.05, 3.63) is 48.0 Å². The van der Waals surface area contributed by atoms with Crippen LogP contribution in [0.3, 0.4) is 0 Å². The lowest BCUT2D eigenvalue weighted by Gasteiger charge is -2.29. The number of rotatable bonds is 11. The third kappa shape index (κ3) is 6.45. The molecule has 0 atom stereocenters. The van der Waals surface area contributed by atoms with E-state index in [1.165, 1.54) is 6.07 Å². The number of nitrogens with two attached hydrogens (primary N) is 1. The molecule has 0 aliphatic rings. The third-order valence-electron chi connectivity index (χ3n) is 4.49. The summed E-state index contributed by atoms with van der Waals surface area (Å²) in [5.41, 5.74) is 0.221. The molecule has 0 saturated heterocycles. The highest BCUT2D eigenvalue weighted by atomic mass is 32.2. The number of carboxylic acids is 1. The van der Waals surface area contributed by atoms with Gasteiger partial charge in [-0.25, -0.2) is 18.4 Å². The summed E-state index contributed by atoms with van der Waals surface area (Å²) >= 11 is 0. The molecule has 0 heterocycles. The fraction of sp³-hybridized carbons (Fsp3) is 0.381. The number of unbranched alkanes of at least 4 members (excludes halogenated alkanes) is 1. The van der Waals surface area contributed by atoms with Gasteiger partial charge in [-0.1, -0.05) is 31.5 Å². The molecule has 2 aromatic carbocycles. The van der Waals surface area contributed by atoms with E-state index in [1.54, 1.807) is 24.3 Å². The molecule has 0 fully saturated rings. The maximum absolute atomic E-state index is 12.4. The van der Waals surface area contributed by atoms with Gasteiger partial charge in [0.25, 0.3) is 0 Å². The number of sulfonamides is 1. The molecule has 0 amide bonds. The van der Waals surface area contributed by atoms with Crippen LogP contribution in [0.1, 0.15) is 30.1 Å². The highest BCUT2D eigenvalue weighted by molar-refractivity contribution is 7.89. The molecular formula is C21H29N3O5S.